The summed E-state index contributed by atoms with van der Waals surface area (Å²) in [6.45, 7) is 3.66. The molecule has 0 fully saturated rings. The van der Waals surface area contributed by atoms with Crippen LogP contribution in [0.5, 0.6) is 0 Å². The Kier molecular flexibility index (Phi) is 6.29. The lowest BCUT2D eigenvalue weighted by atomic mass is 9.98. The van der Waals surface area contributed by atoms with Crippen molar-refractivity contribution in [3.63, 3.8) is 0 Å². The van der Waals surface area contributed by atoms with Crippen LogP contribution in [0.3, 0.4) is 0 Å². The van der Waals surface area contributed by atoms with Crippen LogP contribution in [0.2, 0.25) is 0 Å². The van der Waals surface area contributed by atoms with E-state index in [4.69, 9.17) is 9.47 Å². The molecule has 0 atom stereocenters. The Morgan fingerprint density at radius 1 is 0.848 bits per heavy atom. The van der Waals surface area contributed by atoms with Crippen molar-refractivity contribution in [2.45, 2.75) is 6.54 Å². The van der Waals surface area contributed by atoms with Crippen molar-refractivity contribution in [1.82, 2.24) is 4.57 Å². The van der Waals surface area contributed by atoms with Crippen molar-refractivity contribution in [2.24, 2.45) is 0 Å². The van der Waals surface area contributed by atoms with Gasteiger partial charge in [0.05, 0.1) is 19.8 Å². The van der Waals surface area contributed by atoms with Crippen molar-refractivity contribution in [3.8, 4) is 0 Å². The Bertz CT molecular complexity index is 1330. The first-order valence-electron chi connectivity index (χ1n) is 11.5. The number of fused-ring (bicyclic) bond motifs is 4. The minimum Gasteiger partial charge on any atom is -0.382 e. The molecule has 5 rings (SSSR count). The number of hydrogen-bond donors (Lipinski definition) is 0. The third kappa shape index (κ3) is 4.32. The summed E-state index contributed by atoms with van der Waals surface area (Å²) in [7, 11) is 3.84. The van der Waals surface area contributed by atoms with Crippen LogP contribution in [-0.4, -0.2) is 45.1 Å². The van der Waals surface area contributed by atoms with Gasteiger partial charge in [0.1, 0.15) is 0 Å². The lowest BCUT2D eigenvalue weighted by Gasteiger charge is -2.26. The molecule has 2 heterocycles. The predicted molar refractivity (Wildman–Crippen MR) is 139 cm³/mol. The van der Waals surface area contributed by atoms with Crippen molar-refractivity contribution in [1.29, 1.82) is 0 Å². The van der Waals surface area contributed by atoms with E-state index in [0.717, 1.165) is 13.1 Å². The molecule has 33 heavy (non-hydrogen) atoms. The average molecular weight is 439 g/mol. The standard InChI is InChI=1S/C29H30N2O2/c1-30-16-15-23(24-7-3-5-9-27(24)30)13-11-22-12-14-29-26(21-22)25-8-4-6-10-28(25)31(29)17-18-33-20-19-32-2/h3-15,21H,16-20H2,1-2H3. The highest BCUT2D eigenvalue weighted by Crippen LogP contribution is 2.33. The molecule has 1 aliphatic heterocycles. The number of para-hydroxylation sites is 2. The minimum absolute atomic E-state index is 0.622. The van der Waals surface area contributed by atoms with E-state index >= 15 is 0 Å². The fourth-order valence-electron chi connectivity index (χ4n) is 4.65. The topological polar surface area (TPSA) is 26.6 Å². The van der Waals surface area contributed by atoms with Gasteiger partial charge in [-0.2, -0.15) is 0 Å². The van der Waals surface area contributed by atoms with E-state index in [2.05, 4.69) is 101 Å². The van der Waals surface area contributed by atoms with Gasteiger partial charge >= 0.3 is 0 Å². The highest BCUT2D eigenvalue weighted by Gasteiger charge is 2.14. The van der Waals surface area contributed by atoms with E-state index in [1.807, 2.05) is 0 Å². The Hall–Kier alpha value is -3.34. The zero-order chi connectivity index (χ0) is 22.6. The van der Waals surface area contributed by atoms with Crippen molar-refractivity contribution in [3.05, 3.63) is 90.0 Å². The molecule has 0 bridgehead atoms. The van der Waals surface area contributed by atoms with Crippen molar-refractivity contribution >= 4 is 39.1 Å². The fraction of sp³-hybridized carbons (Fsp3) is 0.241. The second-order valence-corrected chi connectivity index (χ2v) is 8.44. The van der Waals surface area contributed by atoms with Crippen LogP contribution in [0.1, 0.15) is 11.1 Å². The largest absolute Gasteiger partial charge is 0.382 e. The number of benzene rings is 3. The number of rotatable bonds is 8. The predicted octanol–water partition coefficient (Wildman–Crippen LogP) is 6.00. The zero-order valence-corrected chi connectivity index (χ0v) is 19.3. The Morgan fingerprint density at radius 3 is 2.58 bits per heavy atom. The van der Waals surface area contributed by atoms with Gasteiger partial charge in [0.25, 0.3) is 0 Å². The van der Waals surface area contributed by atoms with E-state index < -0.39 is 0 Å². The molecule has 0 saturated heterocycles. The maximum absolute atomic E-state index is 5.74. The number of methoxy groups -OCH3 is 1. The molecule has 4 heteroatoms. The van der Waals surface area contributed by atoms with E-state index in [9.17, 15) is 0 Å². The molecule has 168 valence electrons. The van der Waals surface area contributed by atoms with Crippen molar-refractivity contribution in [2.75, 3.05) is 45.4 Å². The molecule has 0 radical (unpaired) electrons. The normalized spacial score (nSPS) is 13.8. The first kappa shape index (κ1) is 21.5. The highest BCUT2D eigenvalue weighted by molar-refractivity contribution is 6.08. The van der Waals surface area contributed by atoms with Gasteiger partial charge in [0.2, 0.25) is 0 Å². The molecular weight excluding hydrogens is 408 g/mol. The van der Waals surface area contributed by atoms with Gasteiger partial charge in [-0.05, 0) is 35.4 Å². The second-order valence-electron chi connectivity index (χ2n) is 8.44. The van der Waals surface area contributed by atoms with Crippen LogP contribution in [0.15, 0.2) is 78.9 Å². The van der Waals surface area contributed by atoms with Gasteiger partial charge in [-0.1, -0.05) is 60.7 Å². The molecule has 0 unspecified atom stereocenters. The number of likely N-dealkylation sites (N-methyl/N-ethyl adjacent to an activating group) is 1. The lowest BCUT2D eigenvalue weighted by Crippen LogP contribution is -2.21. The fourth-order valence-corrected chi connectivity index (χ4v) is 4.65. The highest BCUT2D eigenvalue weighted by atomic mass is 16.5. The SMILES string of the molecule is COCCOCCn1c2ccccc2c2cc(C=CC3=CCN(C)c4ccccc43)ccc21. The molecule has 1 aliphatic rings. The third-order valence-corrected chi connectivity index (χ3v) is 6.35. The van der Waals surface area contributed by atoms with Crippen LogP contribution in [0, 0.1) is 0 Å². The molecule has 4 nitrogen and oxygen atoms in total. The summed E-state index contributed by atoms with van der Waals surface area (Å²) in [5.74, 6) is 0. The summed E-state index contributed by atoms with van der Waals surface area (Å²) in [6, 6.07) is 24.0. The first-order valence-corrected chi connectivity index (χ1v) is 11.5. The first-order chi connectivity index (χ1) is 16.3. The van der Waals surface area contributed by atoms with Crippen LogP contribution in [-0.2, 0) is 16.0 Å². The van der Waals surface area contributed by atoms with Gasteiger partial charge in [0.15, 0.2) is 0 Å². The molecule has 0 saturated carbocycles. The molecule has 0 spiro atoms. The van der Waals surface area contributed by atoms with Crippen LogP contribution >= 0.6 is 0 Å². The summed E-state index contributed by atoms with van der Waals surface area (Å²) >= 11 is 0. The van der Waals surface area contributed by atoms with Gasteiger partial charge < -0.3 is 18.9 Å². The van der Waals surface area contributed by atoms with Crippen molar-refractivity contribution < 1.29 is 9.47 Å². The average Bonchev–Trinajstić information content (AvgIpc) is 3.17. The molecule has 3 aromatic carbocycles. The molecule has 0 amide bonds. The van der Waals surface area contributed by atoms with E-state index in [1.54, 1.807) is 7.11 Å². The molecule has 0 aliphatic carbocycles. The Balaban J connectivity index is 1.45. The van der Waals surface area contributed by atoms with Gasteiger partial charge in [-0.15, -0.1) is 0 Å². The molecule has 0 N–H and O–H groups in total. The summed E-state index contributed by atoms with van der Waals surface area (Å²) in [6.07, 6.45) is 6.77. The minimum atomic E-state index is 0.622. The van der Waals surface area contributed by atoms with Gasteiger partial charge in [0, 0.05) is 60.3 Å². The number of ether oxygens (including phenoxy) is 2. The zero-order valence-electron chi connectivity index (χ0n) is 19.3. The van der Waals surface area contributed by atoms with Crippen LogP contribution in [0.4, 0.5) is 5.69 Å². The second kappa shape index (κ2) is 9.65. The van der Waals surface area contributed by atoms with Crippen LogP contribution < -0.4 is 4.90 Å². The maximum atomic E-state index is 5.74. The Labute approximate surface area is 195 Å². The third-order valence-electron chi connectivity index (χ3n) is 6.35. The van der Waals surface area contributed by atoms with E-state index in [0.29, 0.717) is 19.8 Å². The number of anilines is 1. The number of aromatic nitrogens is 1. The summed E-state index contributed by atoms with van der Waals surface area (Å²) in [4.78, 5) is 2.28. The number of nitrogens with zero attached hydrogens (tertiary/aromatic N) is 2. The van der Waals surface area contributed by atoms with Crippen LogP contribution in [0.25, 0.3) is 33.5 Å². The lowest BCUT2D eigenvalue weighted by molar-refractivity contribution is 0.0673. The smallest absolute Gasteiger partial charge is 0.0701 e. The summed E-state index contributed by atoms with van der Waals surface area (Å²) in [5, 5.41) is 2.56. The Morgan fingerprint density at radius 2 is 1.67 bits per heavy atom. The molecular formula is C29H30N2O2. The monoisotopic (exact) mass is 438 g/mol. The van der Waals surface area contributed by atoms with Gasteiger partial charge in [-0.3, -0.25) is 0 Å². The maximum Gasteiger partial charge on any atom is 0.0701 e. The number of hydrogen-bond acceptors (Lipinski definition) is 3. The number of allylic oxidation sites excluding steroid dienone is 2. The van der Waals surface area contributed by atoms with E-state index in [-0.39, 0.29) is 0 Å². The summed E-state index contributed by atoms with van der Waals surface area (Å²) in [5.41, 5.74) is 7.54. The molecule has 1 aromatic heterocycles. The summed E-state index contributed by atoms with van der Waals surface area (Å²) < 4.78 is 13.2. The molecule has 4 aromatic rings. The quantitative estimate of drug-likeness (QED) is 0.316. The van der Waals surface area contributed by atoms with E-state index in [1.165, 1.54) is 44.2 Å². The van der Waals surface area contributed by atoms with Gasteiger partial charge in [-0.25, -0.2) is 0 Å².